The number of aromatic nitrogens is 2. The summed E-state index contributed by atoms with van der Waals surface area (Å²) in [6, 6.07) is 16.8. The van der Waals surface area contributed by atoms with E-state index in [9.17, 15) is 4.79 Å². The summed E-state index contributed by atoms with van der Waals surface area (Å²) < 4.78 is 10.0. The van der Waals surface area contributed by atoms with E-state index in [0.717, 1.165) is 49.0 Å². The van der Waals surface area contributed by atoms with Gasteiger partial charge in [0.1, 0.15) is 5.75 Å². The monoisotopic (exact) mass is 533 g/mol. The summed E-state index contributed by atoms with van der Waals surface area (Å²) in [6.07, 6.45) is 0. The largest absolute Gasteiger partial charge is 0.497 e. The highest BCUT2D eigenvalue weighted by molar-refractivity contribution is 7.80. The Morgan fingerprint density at radius 3 is 2.13 bits per heavy atom. The number of esters is 1. The topological polar surface area (TPSA) is 104 Å². The van der Waals surface area contributed by atoms with Crippen molar-refractivity contribution in [1.29, 1.82) is 0 Å². The van der Waals surface area contributed by atoms with Gasteiger partial charge in [-0.15, -0.1) is 0 Å². The first-order valence-corrected chi connectivity index (χ1v) is 12.6. The summed E-state index contributed by atoms with van der Waals surface area (Å²) in [7, 11) is 3.01. The molecule has 1 aliphatic rings. The van der Waals surface area contributed by atoms with E-state index in [1.54, 1.807) is 31.4 Å². The molecule has 38 heavy (non-hydrogen) atoms. The highest BCUT2D eigenvalue weighted by atomic mass is 32.1. The molecule has 0 amide bonds. The zero-order valence-electron chi connectivity index (χ0n) is 21.9. The van der Waals surface area contributed by atoms with E-state index in [0.29, 0.717) is 23.2 Å². The molecule has 0 bridgehead atoms. The standard InChI is InChI=1S/C27H31N7O3S/c1-18-17-19(2)29-25(28-18)31-26(32-27(38)30-21-7-5-20(6-8-21)24(35)37-4)34-15-13-33(14-16-34)22-9-11-23(36-3)12-10-22/h5-12,17H,13-16H2,1-4H3,(H2,28,29,30,31,32,38). The molecular formula is C27H31N7O3S. The van der Waals surface area contributed by atoms with E-state index in [1.165, 1.54) is 7.11 Å². The Morgan fingerprint density at radius 2 is 1.55 bits per heavy atom. The van der Waals surface area contributed by atoms with Crippen molar-refractivity contribution in [2.45, 2.75) is 13.8 Å². The lowest BCUT2D eigenvalue weighted by molar-refractivity contribution is 0.0600. The van der Waals surface area contributed by atoms with Gasteiger partial charge in [-0.1, -0.05) is 0 Å². The molecule has 1 fully saturated rings. The van der Waals surface area contributed by atoms with Crippen molar-refractivity contribution in [3.8, 4) is 5.75 Å². The maximum absolute atomic E-state index is 11.7. The summed E-state index contributed by atoms with van der Waals surface area (Å²) in [5.74, 6) is 1.46. The number of aryl methyl sites for hydroxylation is 2. The van der Waals surface area contributed by atoms with Gasteiger partial charge in [-0.3, -0.25) is 5.32 Å². The van der Waals surface area contributed by atoms with Gasteiger partial charge in [0.15, 0.2) is 0 Å². The normalized spacial score (nSPS) is 13.6. The van der Waals surface area contributed by atoms with Crippen molar-refractivity contribution in [1.82, 2.24) is 14.9 Å². The first-order chi connectivity index (χ1) is 18.3. The number of methoxy groups -OCH3 is 2. The van der Waals surface area contributed by atoms with Crippen molar-refractivity contribution >= 4 is 46.6 Å². The SMILES string of the molecule is COC(=O)c1ccc(NC(=S)/N=C(/Nc2nc(C)cc(C)n2)N2CCN(c3ccc(OC)cc3)CC2)cc1. The highest BCUT2D eigenvalue weighted by Crippen LogP contribution is 2.21. The average Bonchev–Trinajstić information content (AvgIpc) is 2.92. The number of ether oxygens (including phenoxy) is 2. The van der Waals surface area contributed by atoms with Crippen LogP contribution in [0.3, 0.4) is 0 Å². The van der Waals surface area contributed by atoms with Crippen molar-refractivity contribution in [2.75, 3.05) is 55.9 Å². The Balaban J connectivity index is 1.50. The number of thiocarbonyl (C=S) groups is 1. The quantitative estimate of drug-likeness (QED) is 0.217. The van der Waals surface area contributed by atoms with Crippen LogP contribution in [0, 0.1) is 13.8 Å². The molecule has 2 N–H and O–H groups in total. The van der Waals surface area contributed by atoms with Gasteiger partial charge in [-0.2, -0.15) is 4.99 Å². The predicted molar refractivity (Wildman–Crippen MR) is 153 cm³/mol. The summed E-state index contributed by atoms with van der Waals surface area (Å²) in [5, 5.41) is 6.65. The van der Waals surface area contributed by atoms with E-state index >= 15 is 0 Å². The molecule has 1 aliphatic heterocycles. The van der Waals surface area contributed by atoms with E-state index < -0.39 is 5.97 Å². The van der Waals surface area contributed by atoms with Gasteiger partial charge in [0.05, 0.1) is 19.8 Å². The van der Waals surface area contributed by atoms with Crippen molar-refractivity contribution in [3.05, 3.63) is 71.5 Å². The van der Waals surface area contributed by atoms with Crippen LogP contribution < -0.4 is 20.3 Å². The van der Waals surface area contributed by atoms with Crippen LogP contribution in [-0.4, -0.2) is 72.3 Å². The Bertz CT molecular complexity index is 1290. The Hall–Kier alpha value is -4.25. The highest BCUT2D eigenvalue weighted by Gasteiger charge is 2.22. The molecule has 1 aromatic heterocycles. The molecule has 0 saturated carbocycles. The fraction of sp³-hybridized carbons (Fsp3) is 0.296. The molecule has 2 aromatic carbocycles. The number of guanidine groups is 1. The third-order valence-electron chi connectivity index (χ3n) is 5.99. The summed E-state index contributed by atoms with van der Waals surface area (Å²) in [4.78, 5) is 29.9. The van der Waals surface area contributed by atoms with Crippen molar-refractivity contribution < 1.29 is 14.3 Å². The zero-order chi connectivity index (χ0) is 27.1. The first kappa shape index (κ1) is 26.8. The van der Waals surface area contributed by atoms with E-state index in [2.05, 4.69) is 47.5 Å². The molecule has 0 radical (unpaired) electrons. The number of benzene rings is 2. The number of hydrogen-bond acceptors (Lipinski definition) is 7. The van der Waals surface area contributed by atoms with Crippen molar-refractivity contribution in [3.63, 3.8) is 0 Å². The second-order valence-electron chi connectivity index (χ2n) is 8.71. The number of hydrogen-bond donors (Lipinski definition) is 2. The van der Waals surface area contributed by atoms with Gasteiger partial charge in [0.2, 0.25) is 17.0 Å². The molecule has 2 heterocycles. The molecule has 0 unspecified atom stereocenters. The minimum atomic E-state index is -0.397. The number of nitrogens with one attached hydrogen (secondary N) is 2. The third-order valence-corrected chi connectivity index (χ3v) is 6.18. The molecule has 198 valence electrons. The second kappa shape index (κ2) is 12.3. The molecule has 0 atom stereocenters. The number of piperazine rings is 1. The second-order valence-corrected chi connectivity index (χ2v) is 9.09. The fourth-order valence-corrected chi connectivity index (χ4v) is 4.29. The molecule has 3 aromatic rings. The maximum atomic E-state index is 11.7. The van der Waals surface area contributed by atoms with Gasteiger partial charge in [-0.25, -0.2) is 14.8 Å². The molecule has 1 saturated heterocycles. The molecule has 4 rings (SSSR count). The summed E-state index contributed by atoms with van der Waals surface area (Å²) in [5.41, 5.74) is 4.02. The van der Waals surface area contributed by atoms with Crippen LogP contribution >= 0.6 is 12.2 Å². The lowest BCUT2D eigenvalue weighted by Crippen LogP contribution is -2.51. The number of anilines is 3. The van der Waals surface area contributed by atoms with Gasteiger partial charge >= 0.3 is 5.97 Å². The number of carbonyl (C=O) groups excluding carboxylic acids is 1. The number of carbonyl (C=O) groups is 1. The van der Waals surface area contributed by atoms with Gasteiger partial charge in [0.25, 0.3) is 0 Å². The number of aliphatic imine (C=N–C) groups is 1. The maximum Gasteiger partial charge on any atom is 0.337 e. The minimum absolute atomic E-state index is 0.264. The van der Waals surface area contributed by atoms with Crippen molar-refractivity contribution in [2.24, 2.45) is 4.99 Å². The lowest BCUT2D eigenvalue weighted by Gasteiger charge is -2.37. The molecular weight excluding hydrogens is 502 g/mol. The van der Waals surface area contributed by atoms with Crippen LogP contribution in [0.5, 0.6) is 5.75 Å². The minimum Gasteiger partial charge on any atom is -0.497 e. The Morgan fingerprint density at radius 1 is 0.921 bits per heavy atom. The Kier molecular flexibility index (Phi) is 8.70. The molecule has 11 heteroatoms. The summed E-state index contributed by atoms with van der Waals surface area (Å²) >= 11 is 5.56. The predicted octanol–water partition coefficient (Wildman–Crippen LogP) is 3.88. The molecule has 10 nitrogen and oxygen atoms in total. The smallest absolute Gasteiger partial charge is 0.337 e. The lowest BCUT2D eigenvalue weighted by atomic mass is 10.2. The molecule has 0 aliphatic carbocycles. The molecule has 0 spiro atoms. The van der Waals surface area contributed by atoms with E-state index in [-0.39, 0.29) is 5.11 Å². The number of rotatable bonds is 5. The van der Waals surface area contributed by atoms with Crippen LogP contribution in [0.1, 0.15) is 21.7 Å². The van der Waals surface area contributed by atoms with E-state index in [4.69, 9.17) is 21.7 Å². The Labute approximate surface area is 227 Å². The van der Waals surface area contributed by atoms with Crippen LogP contribution in [0.4, 0.5) is 17.3 Å². The zero-order valence-corrected chi connectivity index (χ0v) is 22.7. The van der Waals surface area contributed by atoms with Crippen LogP contribution in [0.15, 0.2) is 59.6 Å². The van der Waals surface area contributed by atoms with Gasteiger partial charge in [0, 0.05) is 48.9 Å². The summed E-state index contributed by atoms with van der Waals surface area (Å²) in [6.45, 7) is 6.90. The third kappa shape index (κ3) is 6.94. The fourth-order valence-electron chi connectivity index (χ4n) is 4.08. The van der Waals surface area contributed by atoms with E-state index in [1.807, 2.05) is 32.0 Å². The van der Waals surface area contributed by atoms with Crippen LogP contribution in [-0.2, 0) is 4.74 Å². The average molecular weight is 534 g/mol. The number of nitrogens with zero attached hydrogens (tertiary/aromatic N) is 5. The van der Waals surface area contributed by atoms with Crippen LogP contribution in [0.2, 0.25) is 0 Å². The van der Waals surface area contributed by atoms with Gasteiger partial charge < -0.3 is 24.6 Å². The van der Waals surface area contributed by atoms with Gasteiger partial charge in [-0.05, 0) is 80.7 Å². The van der Waals surface area contributed by atoms with Crippen LogP contribution in [0.25, 0.3) is 0 Å². The first-order valence-electron chi connectivity index (χ1n) is 12.2.